The maximum atomic E-state index is 10.7. The third kappa shape index (κ3) is 24.7. The van der Waals surface area contributed by atoms with Gasteiger partial charge in [0.05, 0.1) is 19.4 Å². The summed E-state index contributed by atoms with van der Waals surface area (Å²) >= 11 is 0. The molecule has 6 heteroatoms. The van der Waals surface area contributed by atoms with E-state index in [2.05, 4.69) is 64.1 Å². The quantitative estimate of drug-likeness (QED) is 0.298. The number of hydrogen-bond acceptors (Lipinski definition) is 3. The highest BCUT2D eigenvalue weighted by molar-refractivity contribution is 5.72. The Morgan fingerprint density at radius 3 is 2.09 bits per heavy atom. The highest BCUT2D eigenvalue weighted by Crippen LogP contribution is 2.19. The summed E-state index contributed by atoms with van der Waals surface area (Å²) in [7, 11) is 0.500. The number of halogens is 1. The van der Waals surface area contributed by atoms with Gasteiger partial charge in [-0.2, -0.15) is 0 Å². The summed E-state index contributed by atoms with van der Waals surface area (Å²) < 4.78 is 9.50. The lowest BCUT2D eigenvalue weighted by atomic mass is 9.90. The fourth-order valence-corrected chi connectivity index (χ4v) is 3.20. The summed E-state index contributed by atoms with van der Waals surface area (Å²) in [4.78, 5) is 24.6. The first-order valence-corrected chi connectivity index (χ1v) is 12.9. The Morgan fingerprint density at radius 1 is 1.03 bits per heavy atom. The van der Waals surface area contributed by atoms with E-state index in [1.54, 1.807) is 13.1 Å². The normalized spacial score (nSPS) is 12.3. The van der Waals surface area contributed by atoms with Crippen molar-refractivity contribution in [2.45, 2.75) is 100 Å². The molecule has 3 atom stereocenters. The highest BCUT2D eigenvalue weighted by Gasteiger charge is 2.12. The molecule has 34 heavy (non-hydrogen) atoms. The number of aromatic nitrogens is 1. The van der Waals surface area contributed by atoms with Crippen LogP contribution in [0.4, 0.5) is 4.39 Å². The molecule has 1 aromatic heterocycles. The van der Waals surface area contributed by atoms with Gasteiger partial charge in [-0.1, -0.05) is 86.6 Å². The number of nitrogens with zero attached hydrogens (tertiary/aromatic N) is 1. The minimum absolute atomic E-state index is 0.0853. The van der Waals surface area contributed by atoms with Crippen LogP contribution in [0.2, 0.25) is 0 Å². The number of amides is 2. The van der Waals surface area contributed by atoms with E-state index in [-0.39, 0.29) is 5.91 Å². The maximum Gasteiger partial charge on any atom is 0.216 e. The number of nitrogens with one attached hydrogen (secondary N) is 2. The zero-order valence-corrected chi connectivity index (χ0v) is 23.5. The lowest BCUT2D eigenvalue weighted by molar-refractivity contribution is -0.119. The van der Waals surface area contributed by atoms with E-state index >= 15 is 0 Å². The van der Waals surface area contributed by atoms with Gasteiger partial charge in [0.1, 0.15) is 0 Å². The van der Waals surface area contributed by atoms with Gasteiger partial charge in [0.25, 0.3) is 0 Å². The summed E-state index contributed by atoms with van der Waals surface area (Å²) in [5, 5.41) is 5.42. The predicted molar refractivity (Wildman–Crippen MR) is 144 cm³/mol. The standard InChI is InChI=1S/C11H23NO.C9H20.C7H8N2O.CH3F/c1-5-6-7-11(9(2)3)8-12-10(4)13;1-5-7-9(4)8(3)6-2;10-6-8-5-7-3-1-2-4-9-7;1-2/h9,11H,5-8H2,1-4H3,(H,12,13);8-9H,5-7H2,1-4H3;1-4,6H,5H2,(H,8,10);1H3. The Kier molecular flexibility index (Phi) is 29.3. The van der Waals surface area contributed by atoms with Crippen LogP contribution >= 0.6 is 0 Å². The first-order chi connectivity index (χ1) is 16.2. The molecule has 0 aliphatic carbocycles. The molecule has 0 aliphatic rings. The van der Waals surface area contributed by atoms with Gasteiger partial charge in [0.2, 0.25) is 12.3 Å². The second kappa shape index (κ2) is 27.3. The molecule has 0 fully saturated rings. The van der Waals surface area contributed by atoms with Crippen LogP contribution in [0.3, 0.4) is 0 Å². The van der Waals surface area contributed by atoms with E-state index in [1.165, 1.54) is 38.5 Å². The Hall–Kier alpha value is -1.98. The van der Waals surface area contributed by atoms with E-state index in [0.717, 1.165) is 24.1 Å². The molecule has 1 aromatic rings. The SMILES string of the molecule is CCCC(C)C(C)CC.CCCCC(CNC(C)=O)C(C)C.CF.O=CNCc1ccccn1. The van der Waals surface area contributed by atoms with Crippen LogP contribution in [0.1, 0.15) is 99.6 Å². The van der Waals surface area contributed by atoms with Crippen LogP contribution in [0.5, 0.6) is 0 Å². The van der Waals surface area contributed by atoms with Crippen molar-refractivity contribution in [2.75, 3.05) is 13.7 Å². The van der Waals surface area contributed by atoms with Gasteiger partial charge in [-0.25, -0.2) is 0 Å². The second-order valence-corrected chi connectivity index (χ2v) is 9.05. The van der Waals surface area contributed by atoms with Crippen molar-refractivity contribution < 1.29 is 14.0 Å². The van der Waals surface area contributed by atoms with Gasteiger partial charge < -0.3 is 10.6 Å². The molecule has 1 rings (SSSR count). The van der Waals surface area contributed by atoms with Crippen LogP contribution in [0.25, 0.3) is 0 Å². The Labute approximate surface area is 210 Å². The molecule has 0 saturated heterocycles. The topological polar surface area (TPSA) is 71.1 Å². The number of carbonyl (C=O) groups excluding carboxylic acids is 2. The van der Waals surface area contributed by atoms with E-state index in [9.17, 15) is 14.0 Å². The van der Waals surface area contributed by atoms with Crippen LogP contribution < -0.4 is 10.6 Å². The molecule has 0 spiro atoms. The van der Waals surface area contributed by atoms with Crippen molar-refractivity contribution in [2.24, 2.45) is 23.7 Å². The first-order valence-electron chi connectivity index (χ1n) is 12.9. The summed E-state index contributed by atoms with van der Waals surface area (Å²) in [6, 6.07) is 5.58. The molecule has 0 saturated carbocycles. The van der Waals surface area contributed by atoms with Crippen LogP contribution in [-0.4, -0.2) is 31.0 Å². The molecule has 0 bridgehead atoms. The summed E-state index contributed by atoms with van der Waals surface area (Å²) in [6.45, 7) is 18.8. The number of rotatable bonds is 13. The summed E-state index contributed by atoms with van der Waals surface area (Å²) in [5.74, 6) is 3.24. The fourth-order valence-electron chi connectivity index (χ4n) is 3.20. The number of unbranched alkanes of at least 4 members (excludes halogenated alkanes) is 1. The van der Waals surface area contributed by atoms with Crippen molar-refractivity contribution in [1.82, 2.24) is 15.6 Å². The van der Waals surface area contributed by atoms with E-state index < -0.39 is 0 Å². The molecule has 0 aliphatic heterocycles. The monoisotopic (exact) mass is 483 g/mol. The summed E-state index contributed by atoms with van der Waals surface area (Å²) in [6.07, 6.45) is 10.2. The van der Waals surface area contributed by atoms with E-state index in [4.69, 9.17) is 0 Å². The van der Waals surface area contributed by atoms with Crippen molar-refractivity contribution in [3.8, 4) is 0 Å². The molecular weight excluding hydrogens is 429 g/mol. The largest absolute Gasteiger partial charge is 0.356 e. The average molecular weight is 484 g/mol. The highest BCUT2D eigenvalue weighted by atomic mass is 19.1. The van der Waals surface area contributed by atoms with Crippen LogP contribution in [-0.2, 0) is 16.1 Å². The zero-order chi connectivity index (χ0) is 26.8. The van der Waals surface area contributed by atoms with E-state index in [0.29, 0.717) is 32.0 Å². The smallest absolute Gasteiger partial charge is 0.216 e. The third-order valence-corrected chi connectivity index (χ3v) is 5.94. The minimum Gasteiger partial charge on any atom is -0.356 e. The molecule has 0 aromatic carbocycles. The third-order valence-electron chi connectivity index (χ3n) is 5.94. The molecule has 2 N–H and O–H groups in total. The molecule has 200 valence electrons. The molecule has 3 unspecified atom stereocenters. The predicted octanol–water partition coefficient (Wildman–Crippen LogP) is 6.97. The number of alkyl halides is 1. The van der Waals surface area contributed by atoms with Crippen LogP contribution in [0, 0.1) is 23.7 Å². The number of carbonyl (C=O) groups is 2. The fraction of sp³-hybridized carbons (Fsp3) is 0.750. The van der Waals surface area contributed by atoms with Gasteiger partial charge >= 0.3 is 0 Å². The average Bonchev–Trinajstić information content (AvgIpc) is 2.84. The minimum atomic E-state index is 0.0853. The van der Waals surface area contributed by atoms with E-state index in [1.807, 2.05) is 18.2 Å². The van der Waals surface area contributed by atoms with Crippen molar-refractivity contribution in [3.63, 3.8) is 0 Å². The van der Waals surface area contributed by atoms with Crippen molar-refractivity contribution >= 4 is 12.3 Å². The molecule has 0 radical (unpaired) electrons. The molecule has 1 heterocycles. The summed E-state index contributed by atoms with van der Waals surface area (Å²) in [5.41, 5.74) is 0.870. The van der Waals surface area contributed by atoms with Gasteiger partial charge in [-0.3, -0.25) is 19.0 Å². The molecule has 5 nitrogen and oxygen atoms in total. The second-order valence-electron chi connectivity index (χ2n) is 9.05. The Bertz CT molecular complexity index is 556. The maximum absolute atomic E-state index is 10.7. The van der Waals surface area contributed by atoms with Gasteiger partial charge in [-0.15, -0.1) is 0 Å². The van der Waals surface area contributed by atoms with Gasteiger partial charge in [0.15, 0.2) is 0 Å². The van der Waals surface area contributed by atoms with Crippen molar-refractivity contribution in [1.29, 1.82) is 0 Å². The Balaban J connectivity index is -0.000000415. The lowest BCUT2D eigenvalue weighted by Gasteiger charge is -2.20. The van der Waals surface area contributed by atoms with Crippen LogP contribution in [0.15, 0.2) is 24.4 Å². The molecule has 2 amide bonds. The zero-order valence-electron chi connectivity index (χ0n) is 23.5. The van der Waals surface area contributed by atoms with Gasteiger partial charge in [-0.05, 0) is 42.2 Å². The lowest BCUT2D eigenvalue weighted by Crippen LogP contribution is -2.29. The number of hydrogen-bond donors (Lipinski definition) is 2. The molecular formula is C28H54FN3O2. The first kappa shape index (κ1) is 36.6. The van der Waals surface area contributed by atoms with Crippen molar-refractivity contribution in [3.05, 3.63) is 30.1 Å². The van der Waals surface area contributed by atoms with Gasteiger partial charge in [0, 0.05) is 19.7 Å². The number of pyridine rings is 1. The Morgan fingerprint density at radius 2 is 1.68 bits per heavy atom.